The van der Waals surface area contributed by atoms with Crippen LogP contribution in [0.25, 0.3) is 5.57 Å². The van der Waals surface area contributed by atoms with E-state index >= 15 is 0 Å². The summed E-state index contributed by atoms with van der Waals surface area (Å²) in [5, 5.41) is 0. The summed E-state index contributed by atoms with van der Waals surface area (Å²) in [5.74, 6) is 0.123. The number of hydrogen-bond donors (Lipinski definition) is 0. The highest BCUT2D eigenvalue weighted by Gasteiger charge is 2.17. The topological polar surface area (TPSA) is 44.8 Å². The second-order valence-corrected chi connectivity index (χ2v) is 4.53. The van der Waals surface area contributed by atoms with E-state index in [1.807, 2.05) is 48.5 Å². The molecule has 0 amide bonds. The van der Waals surface area contributed by atoms with Crippen LogP contribution in [0, 0.1) is 0 Å². The summed E-state index contributed by atoms with van der Waals surface area (Å²) in [6.45, 7) is 0.416. The molecule has 0 fully saturated rings. The predicted molar refractivity (Wildman–Crippen MR) is 84.2 cm³/mol. The van der Waals surface area contributed by atoms with E-state index < -0.39 is 5.97 Å². The van der Waals surface area contributed by atoms with Crippen molar-refractivity contribution < 1.29 is 19.0 Å². The van der Waals surface area contributed by atoms with Crippen LogP contribution in [0.4, 0.5) is 0 Å². The van der Waals surface area contributed by atoms with Crippen LogP contribution in [0.15, 0.2) is 60.9 Å². The lowest BCUT2D eigenvalue weighted by atomic mass is 10.1. The van der Waals surface area contributed by atoms with Gasteiger partial charge in [-0.3, -0.25) is 0 Å². The van der Waals surface area contributed by atoms with E-state index in [0.29, 0.717) is 23.5 Å². The van der Waals surface area contributed by atoms with Gasteiger partial charge in [0.15, 0.2) is 0 Å². The molecule has 0 aliphatic carbocycles. The molecule has 0 aliphatic heterocycles. The van der Waals surface area contributed by atoms with Gasteiger partial charge in [0.05, 0.1) is 20.5 Å². The quantitative estimate of drug-likeness (QED) is 0.465. The number of esters is 1. The molecule has 4 nitrogen and oxygen atoms in total. The Balaban J connectivity index is 2.26. The maximum atomic E-state index is 11.9. The maximum Gasteiger partial charge on any atom is 0.341 e. The van der Waals surface area contributed by atoms with Gasteiger partial charge in [-0.1, -0.05) is 48.5 Å². The molecule has 0 aromatic heterocycles. The van der Waals surface area contributed by atoms with Gasteiger partial charge in [-0.2, -0.15) is 0 Å². The van der Waals surface area contributed by atoms with Crippen LogP contribution < -0.4 is 4.74 Å². The van der Waals surface area contributed by atoms with Gasteiger partial charge in [0, 0.05) is 5.56 Å². The Bertz CT molecular complexity index is 647. The van der Waals surface area contributed by atoms with Crippen LogP contribution in [-0.2, 0) is 20.9 Å². The van der Waals surface area contributed by atoms with Crippen LogP contribution in [-0.4, -0.2) is 20.2 Å². The number of hydrogen-bond acceptors (Lipinski definition) is 4. The Labute approximate surface area is 129 Å². The van der Waals surface area contributed by atoms with Crippen LogP contribution in [0.3, 0.4) is 0 Å². The molecule has 0 unspecified atom stereocenters. The molecule has 0 bridgehead atoms. The molecule has 22 heavy (non-hydrogen) atoms. The Hall–Kier alpha value is -2.75. The number of rotatable bonds is 6. The molecule has 0 spiro atoms. The number of carbonyl (C=O) groups excluding carboxylic acids is 1. The first-order valence-corrected chi connectivity index (χ1v) is 6.83. The number of methoxy groups -OCH3 is 2. The largest absolute Gasteiger partial charge is 0.503 e. The first-order chi connectivity index (χ1) is 10.8. The minimum atomic E-state index is -0.474. The third kappa shape index (κ3) is 3.88. The lowest BCUT2D eigenvalue weighted by molar-refractivity contribution is -0.133. The fourth-order valence-electron chi connectivity index (χ4n) is 2.00. The number of para-hydroxylation sites is 1. The van der Waals surface area contributed by atoms with E-state index in [9.17, 15) is 4.79 Å². The molecule has 2 aromatic rings. The third-order valence-electron chi connectivity index (χ3n) is 3.06. The molecule has 0 N–H and O–H groups in total. The summed E-state index contributed by atoms with van der Waals surface area (Å²) in [6, 6.07) is 17.1. The Morgan fingerprint density at radius 2 is 1.68 bits per heavy atom. The molecule has 0 saturated heterocycles. The Morgan fingerprint density at radius 3 is 2.36 bits per heavy atom. The zero-order valence-corrected chi connectivity index (χ0v) is 12.6. The average Bonchev–Trinajstić information content (AvgIpc) is 2.58. The highest BCUT2D eigenvalue weighted by molar-refractivity contribution is 6.16. The van der Waals surface area contributed by atoms with E-state index in [-0.39, 0.29) is 0 Å². The van der Waals surface area contributed by atoms with Crippen LogP contribution >= 0.6 is 0 Å². The summed E-state index contributed by atoms with van der Waals surface area (Å²) in [6.07, 6.45) is 1.36. The normalized spacial score (nSPS) is 10.9. The molecule has 0 aliphatic rings. The van der Waals surface area contributed by atoms with Gasteiger partial charge in [0.1, 0.15) is 17.9 Å². The predicted octanol–water partition coefficient (Wildman–Crippen LogP) is 3.43. The van der Waals surface area contributed by atoms with Crippen molar-refractivity contribution >= 4 is 11.5 Å². The smallest absolute Gasteiger partial charge is 0.341 e. The van der Waals surface area contributed by atoms with Gasteiger partial charge in [-0.05, 0) is 11.6 Å². The van der Waals surface area contributed by atoms with Crippen LogP contribution in [0.1, 0.15) is 11.1 Å². The van der Waals surface area contributed by atoms with Crippen molar-refractivity contribution in [1.29, 1.82) is 0 Å². The summed E-state index contributed by atoms with van der Waals surface area (Å²) in [4.78, 5) is 11.9. The summed E-state index contributed by atoms with van der Waals surface area (Å²) in [7, 11) is 2.82. The zero-order chi connectivity index (χ0) is 15.8. The lowest BCUT2D eigenvalue weighted by Crippen LogP contribution is -2.06. The first kappa shape index (κ1) is 15.6. The highest BCUT2D eigenvalue weighted by Crippen LogP contribution is 2.27. The Kier molecular flexibility index (Phi) is 5.60. The van der Waals surface area contributed by atoms with Crippen molar-refractivity contribution in [2.75, 3.05) is 14.2 Å². The molecule has 0 atom stereocenters. The van der Waals surface area contributed by atoms with Crippen LogP contribution in [0.5, 0.6) is 5.75 Å². The van der Waals surface area contributed by atoms with E-state index in [1.165, 1.54) is 20.5 Å². The molecule has 0 heterocycles. The standard InChI is InChI=1S/C18H18O4/c1-20-13-16(18(19)21-2)15-10-6-7-11-17(15)22-12-14-8-4-3-5-9-14/h3-11,13H,12H2,1-2H3/b16-13+. The number of ether oxygens (including phenoxy) is 3. The number of benzene rings is 2. The first-order valence-electron chi connectivity index (χ1n) is 6.83. The van der Waals surface area contributed by atoms with Crippen molar-refractivity contribution in [3.05, 3.63) is 72.0 Å². The zero-order valence-electron chi connectivity index (χ0n) is 12.6. The van der Waals surface area contributed by atoms with E-state index in [2.05, 4.69) is 0 Å². The number of carbonyl (C=O) groups is 1. The van der Waals surface area contributed by atoms with Crippen molar-refractivity contribution in [2.24, 2.45) is 0 Å². The molecule has 2 aromatic carbocycles. The SMILES string of the molecule is CO/C=C(/C(=O)OC)c1ccccc1OCc1ccccc1. The van der Waals surface area contributed by atoms with E-state index in [0.717, 1.165) is 5.56 Å². The fourth-order valence-corrected chi connectivity index (χ4v) is 2.00. The van der Waals surface area contributed by atoms with Gasteiger partial charge in [0.2, 0.25) is 0 Å². The maximum absolute atomic E-state index is 11.9. The van der Waals surface area contributed by atoms with Crippen molar-refractivity contribution in [2.45, 2.75) is 6.61 Å². The summed E-state index contributed by atoms with van der Waals surface area (Å²) in [5.41, 5.74) is 1.99. The lowest BCUT2D eigenvalue weighted by Gasteiger charge is -2.13. The Morgan fingerprint density at radius 1 is 1.00 bits per heavy atom. The van der Waals surface area contributed by atoms with E-state index in [1.54, 1.807) is 6.07 Å². The molecule has 114 valence electrons. The van der Waals surface area contributed by atoms with Gasteiger partial charge >= 0.3 is 5.97 Å². The molecule has 0 saturated carbocycles. The van der Waals surface area contributed by atoms with Gasteiger partial charge < -0.3 is 14.2 Å². The van der Waals surface area contributed by atoms with Gasteiger partial charge in [-0.15, -0.1) is 0 Å². The summed E-state index contributed by atoms with van der Waals surface area (Å²) >= 11 is 0. The molecule has 4 heteroatoms. The fraction of sp³-hybridized carbons (Fsp3) is 0.167. The second-order valence-electron chi connectivity index (χ2n) is 4.53. The summed E-state index contributed by atoms with van der Waals surface area (Å²) < 4.78 is 15.6. The van der Waals surface area contributed by atoms with Crippen molar-refractivity contribution in [1.82, 2.24) is 0 Å². The molecular weight excluding hydrogens is 280 g/mol. The van der Waals surface area contributed by atoms with Crippen molar-refractivity contribution in [3.63, 3.8) is 0 Å². The van der Waals surface area contributed by atoms with Crippen molar-refractivity contribution in [3.8, 4) is 5.75 Å². The molecule has 2 rings (SSSR count). The molecule has 0 radical (unpaired) electrons. The highest BCUT2D eigenvalue weighted by atomic mass is 16.5. The van der Waals surface area contributed by atoms with Crippen LogP contribution in [0.2, 0.25) is 0 Å². The van der Waals surface area contributed by atoms with E-state index in [4.69, 9.17) is 14.2 Å². The third-order valence-corrected chi connectivity index (χ3v) is 3.06. The second kappa shape index (κ2) is 7.88. The minimum Gasteiger partial charge on any atom is -0.503 e. The van der Waals surface area contributed by atoms with Gasteiger partial charge in [-0.25, -0.2) is 4.79 Å². The van der Waals surface area contributed by atoms with Gasteiger partial charge in [0.25, 0.3) is 0 Å². The average molecular weight is 298 g/mol. The molecular formula is C18H18O4. The monoisotopic (exact) mass is 298 g/mol. The minimum absolute atomic E-state index is 0.314.